The van der Waals surface area contributed by atoms with E-state index in [2.05, 4.69) is 22.5 Å². The Morgan fingerprint density at radius 3 is 2.55 bits per heavy atom. The van der Waals surface area contributed by atoms with Crippen LogP contribution in [0.5, 0.6) is 0 Å². The molecule has 1 aliphatic heterocycles. The summed E-state index contributed by atoms with van der Waals surface area (Å²) in [6.07, 6.45) is 1.97. The zero-order valence-corrected chi connectivity index (χ0v) is 18.2. The van der Waals surface area contributed by atoms with Crippen molar-refractivity contribution < 1.29 is 14.5 Å². The average molecular weight is 445 g/mol. The van der Waals surface area contributed by atoms with Crippen LogP contribution in [0.4, 0.5) is 17.1 Å². The van der Waals surface area contributed by atoms with Gasteiger partial charge in [0.15, 0.2) is 0 Å². The second-order valence-electron chi connectivity index (χ2n) is 7.84. The highest BCUT2D eigenvalue weighted by molar-refractivity contribution is 6.33. The fourth-order valence-corrected chi connectivity index (χ4v) is 3.80. The van der Waals surface area contributed by atoms with Crippen molar-refractivity contribution in [3.05, 3.63) is 62.7 Å². The van der Waals surface area contributed by atoms with Crippen LogP contribution in [0.15, 0.2) is 36.4 Å². The second kappa shape index (κ2) is 9.78. The molecular weight excluding hydrogens is 420 g/mol. The van der Waals surface area contributed by atoms with Crippen molar-refractivity contribution in [1.82, 2.24) is 5.32 Å². The summed E-state index contributed by atoms with van der Waals surface area (Å²) in [5.41, 5.74) is 2.06. The summed E-state index contributed by atoms with van der Waals surface area (Å²) in [5.74, 6) is -0.385. The number of anilines is 2. The monoisotopic (exact) mass is 444 g/mol. The van der Waals surface area contributed by atoms with Crippen molar-refractivity contribution in [2.75, 3.05) is 29.9 Å². The fraction of sp³-hybridized carbons (Fsp3) is 0.364. The molecule has 1 heterocycles. The van der Waals surface area contributed by atoms with Crippen molar-refractivity contribution in [1.29, 1.82) is 0 Å². The van der Waals surface area contributed by atoms with Crippen molar-refractivity contribution in [3.63, 3.8) is 0 Å². The number of hydrogen-bond acceptors (Lipinski definition) is 5. The lowest BCUT2D eigenvalue weighted by atomic mass is 9.98. The van der Waals surface area contributed by atoms with Gasteiger partial charge in [0.2, 0.25) is 5.91 Å². The normalized spacial score (nSPS) is 14.2. The van der Waals surface area contributed by atoms with Gasteiger partial charge in [-0.3, -0.25) is 19.7 Å². The minimum Gasteiger partial charge on any atom is -0.371 e. The van der Waals surface area contributed by atoms with E-state index in [9.17, 15) is 19.7 Å². The standard InChI is InChI=1S/C22H25ClN4O4/c1-14-7-9-26(10-8-14)20-6-4-16(27(30)31)12-17(20)22(29)24-13-21(28)25-19-5-3-15(2)11-18(19)23/h3-6,11-12,14H,7-10,13H2,1-2H3,(H,24,29)(H,25,28). The van der Waals surface area contributed by atoms with Crippen molar-refractivity contribution >= 4 is 40.5 Å². The average Bonchev–Trinajstić information content (AvgIpc) is 2.74. The maximum atomic E-state index is 12.8. The molecule has 164 valence electrons. The minimum atomic E-state index is -0.539. The van der Waals surface area contributed by atoms with Crippen LogP contribution in [0.2, 0.25) is 5.02 Å². The Bertz CT molecular complexity index is 1000. The molecule has 2 N–H and O–H groups in total. The fourth-order valence-electron chi connectivity index (χ4n) is 3.52. The zero-order valence-electron chi connectivity index (χ0n) is 17.5. The van der Waals surface area contributed by atoms with E-state index in [1.165, 1.54) is 12.1 Å². The maximum absolute atomic E-state index is 12.8. The Labute approximate surface area is 185 Å². The molecule has 2 amide bonds. The molecule has 3 rings (SSSR count). The van der Waals surface area contributed by atoms with Crippen LogP contribution in [0, 0.1) is 23.0 Å². The molecule has 0 atom stereocenters. The summed E-state index contributed by atoms with van der Waals surface area (Å²) in [6, 6.07) is 9.50. The van der Waals surface area contributed by atoms with Crippen LogP contribution in [-0.4, -0.2) is 36.4 Å². The van der Waals surface area contributed by atoms with Gasteiger partial charge in [0.1, 0.15) is 0 Å². The number of nitrogens with one attached hydrogen (secondary N) is 2. The summed E-state index contributed by atoms with van der Waals surface area (Å²) in [6.45, 7) is 5.32. The van der Waals surface area contributed by atoms with Crippen LogP contribution in [0.1, 0.15) is 35.7 Å². The molecular formula is C22H25ClN4O4. The van der Waals surface area contributed by atoms with E-state index in [0.717, 1.165) is 31.5 Å². The number of nitro groups is 1. The molecule has 0 saturated carbocycles. The molecule has 8 nitrogen and oxygen atoms in total. The number of benzene rings is 2. The lowest BCUT2D eigenvalue weighted by Gasteiger charge is -2.33. The van der Waals surface area contributed by atoms with Gasteiger partial charge < -0.3 is 15.5 Å². The summed E-state index contributed by atoms with van der Waals surface area (Å²) in [7, 11) is 0. The smallest absolute Gasteiger partial charge is 0.270 e. The van der Waals surface area contributed by atoms with Crippen LogP contribution < -0.4 is 15.5 Å². The lowest BCUT2D eigenvalue weighted by molar-refractivity contribution is -0.384. The number of aryl methyl sites for hydroxylation is 1. The van der Waals surface area contributed by atoms with E-state index >= 15 is 0 Å². The number of halogens is 1. The van der Waals surface area contributed by atoms with Crippen LogP contribution in [0.3, 0.4) is 0 Å². The van der Waals surface area contributed by atoms with E-state index in [0.29, 0.717) is 22.3 Å². The van der Waals surface area contributed by atoms with Gasteiger partial charge in [-0.05, 0) is 49.4 Å². The highest BCUT2D eigenvalue weighted by atomic mass is 35.5. The molecule has 1 saturated heterocycles. The van der Waals surface area contributed by atoms with Crippen molar-refractivity contribution in [2.24, 2.45) is 5.92 Å². The quantitative estimate of drug-likeness (QED) is 0.514. The van der Waals surface area contributed by atoms with E-state index in [1.807, 2.05) is 13.0 Å². The summed E-state index contributed by atoms with van der Waals surface area (Å²) in [5, 5.41) is 16.8. The van der Waals surface area contributed by atoms with E-state index in [-0.39, 0.29) is 17.8 Å². The number of hydrogen-bond donors (Lipinski definition) is 2. The van der Waals surface area contributed by atoms with Crippen LogP contribution in [-0.2, 0) is 4.79 Å². The molecule has 1 fully saturated rings. The Morgan fingerprint density at radius 2 is 1.90 bits per heavy atom. The number of non-ortho nitro benzene ring substituents is 1. The SMILES string of the molecule is Cc1ccc(NC(=O)CNC(=O)c2cc([N+](=O)[O-])ccc2N2CCC(C)CC2)c(Cl)c1. The zero-order chi connectivity index (χ0) is 22.5. The molecule has 9 heteroatoms. The molecule has 0 spiro atoms. The third-order valence-electron chi connectivity index (χ3n) is 5.37. The number of carbonyl (C=O) groups is 2. The minimum absolute atomic E-state index is 0.171. The van der Waals surface area contributed by atoms with Crippen molar-refractivity contribution in [2.45, 2.75) is 26.7 Å². The van der Waals surface area contributed by atoms with Gasteiger partial charge in [-0.2, -0.15) is 0 Å². The van der Waals surface area contributed by atoms with Gasteiger partial charge >= 0.3 is 0 Å². The Balaban J connectivity index is 1.72. The number of carbonyl (C=O) groups excluding carboxylic acids is 2. The lowest BCUT2D eigenvalue weighted by Crippen LogP contribution is -2.37. The molecule has 0 aliphatic carbocycles. The molecule has 0 bridgehead atoms. The van der Waals surface area contributed by atoms with E-state index in [4.69, 9.17) is 11.6 Å². The third-order valence-corrected chi connectivity index (χ3v) is 5.68. The van der Waals surface area contributed by atoms with Gasteiger partial charge in [0.05, 0.1) is 33.4 Å². The number of nitro benzene ring substituents is 1. The predicted molar refractivity (Wildman–Crippen MR) is 121 cm³/mol. The summed E-state index contributed by atoms with van der Waals surface area (Å²) >= 11 is 6.12. The topological polar surface area (TPSA) is 105 Å². The Hall–Kier alpha value is -3.13. The molecule has 0 unspecified atom stereocenters. The van der Waals surface area contributed by atoms with E-state index < -0.39 is 16.7 Å². The Morgan fingerprint density at radius 1 is 1.19 bits per heavy atom. The first kappa shape index (κ1) is 22.6. The highest BCUT2D eigenvalue weighted by Crippen LogP contribution is 2.29. The predicted octanol–water partition coefficient (Wildman–Crippen LogP) is 4.16. The number of amides is 2. The van der Waals surface area contributed by atoms with Gasteiger partial charge in [0, 0.05) is 25.2 Å². The molecule has 31 heavy (non-hydrogen) atoms. The van der Waals surface area contributed by atoms with Gasteiger partial charge in [-0.1, -0.05) is 24.6 Å². The third kappa shape index (κ3) is 5.73. The number of piperidine rings is 1. The first-order valence-electron chi connectivity index (χ1n) is 10.1. The van der Waals surface area contributed by atoms with Crippen LogP contribution in [0.25, 0.3) is 0 Å². The van der Waals surface area contributed by atoms with Gasteiger partial charge in [-0.25, -0.2) is 0 Å². The molecule has 1 aliphatic rings. The van der Waals surface area contributed by atoms with Crippen molar-refractivity contribution in [3.8, 4) is 0 Å². The second-order valence-corrected chi connectivity index (χ2v) is 8.25. The molecule has 0 radical (unpaired) electrons. The summed E-state index contributed by atoms with van der Waals surface area (Å²) < 4.78 is 0. The van der Waals surface area contributed by atoms with E-state index in [1.54, 1.807) is 18.2 Å². The Kier molecular flexibility index (Phi) is 7.12. The number of rotatable bonds is 6. The highest BCUT2D eigenvalue weighted by Gasteiger charge is 2.24. The molecule has 2 aromatic rings. The van der Waals surface area contributed by atoms with Gasteiger partial charge in [0.25, 0.3) is 11.6 Å². The number of nitrogens with zero attached hydrogens (tertiary/aromatic N) is 2. The van der Waals surface area contributed by atoms with Crippen LogP contribution >= 0.6 is 11.6 Å². The summed E-state index contributed by atoms with van der Waals surface area (Å²) in [4.78, 5) is 37.9. The molecule has 2 aromatic carbocycles. The molecule has 0 aromatic heterocycles. The van der Waals surface area contributed by atoms with Gasteiger partial charge in [-0.15, -0.1) is 0 Å². The first-order chi connectivity index (χ1) is 14.7. The maximum Gasteiger partial charge on any atom is 0.270 e. The largest absolute Gasteiger partial charge is 0.371 e. The first-order valence-corrected chi connectivity index (χ1v) is 10.5.